The van der Waals surface area contributed by atoms with Crippen LogP contribution in [-0.2, 0) is 38.0 Å². The number of hydrogen-bond donors (Lipinski definition) is 2. The van der Waals surface area contributed by atoms with E-state index in [-0.39, 0.29) is 64.4 Å². The molecular formula is C52H44N2O8. The SMILES string of the molecule is C=C1OCCOCCO[C@H](C(=O)Nc2ccc3c4cccc5cccc(c6cccc2c63)c54)C(=C)OCCOCCOC1C(=O)Nc1ccc2ccc3cccc4ccc1c2c34. The lowest BCUT2D eigenvalue weighted by atomic mass is 9.89. The van der Waals surface area contributed by atoms with Crippen LogP contribution in [0, 0.1) is 0 Å². The number of benzene rings is 9. The summed E-state index contributed by atoms with van der Waals surface area (Å²) in [5.41, 5.74) is 1.31. The Morgan fingerprint density at radius 2 is 0.790 bits per heavy atom. The first-order valence-corrected chi connectivity index (χ1v) is 20.8. The molecule has 1 heterocycles. The van der Waals surface area contributed by atoms with Gasteiger partial charge >= 0.3 is 0 Å². The first-order valence-electron chi connectivity index (χ1n) is 20.8. The van der Waals surface area contributed by atoms with Gasteiger partial charge in [0.25, 0.3) is 11.8 Å². The number of amides is 2. The highest BCUT2D eigenvalue weighted by Crippen LogP contribution is 2.42. The van der Waals surface area contributed by atoms with Crippen molar-refractivity contribution >= 4 is 98.6 Å². The maximum atomic E-state index is 14.0. The van der Waals surface area contributed by atoms with Crippen LogP contribution in [0.5, 0.6) is 0 Å². The molecule has 310 valence electrons. The molecule has 0 aromatic heterocycles. The summed E-state index contributed by atoms with van der Waals surface area (Å²) < 4.78 is 35.5. The van der Waals surface area contributed by atoms with Gasteiger partial charge in [-0.1, -0.05) is 122 Å². The average molecular weight is 825 g/mol. The van der Waals surface area contributed by atoms with Gasteiger partial charge in [-0.2, -0.15) is 0 Å². The Hall–Kier alpha value is -6.82. The summed E-state index contributed by atoms with van der Waals surface area (Å²) >= 11 is 0. The third-order valence-electron chi connectivity index (χ3n) is 11.7. The van der Waals surface area contributed by atoms with Crippen molar-refractivity contribution in [2.75, 3.05) is 63.5 Å². The maximum absolute atomic E-state index is 14.0. The molecule has 10 rings (SSSR count). The van der Waals surface area contributed by atoms with E-state index in [4.69, 9.17) is 28.4 Å². The Morgan fingerprint density at radius 1 is 0.403 bits per heavy atom. The van der Waals surface area contributed by atoms with Crippen molar-refractivity contribution < 1.29 is 38.0 Å². The zero-order chi connectivity index (χ0) is 42.2. The second-order valence-corrected chi connectivity index (χ2v) is 15.4. The third-order valence-corrected chi connectivity index (χ3v) is 11.7. The molecule has 2 amide bonds. The van der Waals surface area contributed by atoms with Crippen molar-refractivity contribution in [1.82, 2.24) is 0 Å². The molecule has 0 aliphatic carbocycles. The number of nitrogens with one attached hydrogen (secondary N) is 2. The molecule has 1 saturated heterocycles. The molecule has 1 aliphatic rings. The number of carbonyl (C=O) groups is 2. The van der Waals surface area contributed by atoms with Crippen LogP contribution in [0.3, 0.4) is 0 Å². The zero-order valence-corrected chi connectivity index (χ0v) is 34.0. The highest BCUT2D eigenvalue weighted by Gasteiger charge is 2.27. The van der Waals surface area contributed by atoms with Gasteiger partial charge in [0.05, 0.1) is 39.6 Å². The van der Waals surface area contributed by atoms with E-state index in [1.165, 1.54) is 21.5 Å². The third kappa shape index (κ3) is 7.26. The van der Waals surface area contributed by atoms with Crippen LogP contribution >= 0.6 is 0 Å². The predicted molar refractivity (Wildman–Crippen MR) is 246 cm³/mol. The van der Waals surface area contributed by atoms with E-state index in [1.54, 1.807) is 0 Å². The van der Waals surface area contributed by atoms with Gasteiger partial charge in [-0.05, 0) is 76.8 Å². The van der Waals surface area contributed by atoms with E-state index in [1.807, 2.05) is 42.5 Å². The smallest absolute Gasteiger partial charge is 0.261 e. The van der Waals surface area contributed by atoms with Crippen molar-refractivity contribution in [2.45, 2.75) is 12.2 Å². The van der Waals surface area contributed by atoms with Crippen molar-refractivity contribution in [1.29, 1.82) is 0 Å². The Balaban J connectivity index is 0.805. The fourth-order valence-corrected chi connectivity index (χ4v) is 8.89. The molecule has 9 aromatic carbocycles. The fourth-order valence-electron chi connectivity index (χ4n) is 8.89. The van der Waals surface area contributed by atoms with E-state index in [0.29, 0.717) is 11.4 Å². The molecule has 1 unspecified atom stereocenters. The zero-order valence-electron chi connectivity index (χ0n) is 34.0. The number of carbonyl (C=O) groups excluding carboxylic acids is 2. The number of anilines is 2. The van der Waals surface area contributed by atoms with Crippen LogP contribution in [0.1, 0.15) is 0 Å². The summed E-state index contributed by atoms with van der Waals surface area (Å²) in [5, 5.41) is 21.7. The first-order chi connectivity index (χ1) is 30.4. The minimum atomic E-state index is -1.13. The molecule has 9 aromatic rings. The van der Waals surface area contributed by atoms with E-state index < -0.39 is 24.0 Å². The lowest BCUT2D eigenvalue weighted by molar-refractivity contribution is -0.131. The van der Waals surface area contributed by atoms with Crippen LogP contribution in [0.2, 0.25) is 0 Å². The molecule has 0 radical (unpaired) electrons. The monoisotopic (exact) mass is 824 g/mol. The van der Waals surface area contributed by atoms with Crippen LogP contribution < -0.4 is 10.6 Å². The van der Waals surface area contributed by atoms with Crippen LogP contribution in [0.25, 0.3) is 75.4 Å². The molecule has 2 N–H and O–H groups in total. The summed E-state index contributed by atoms with van der Waals surface area (Å²) in [6.45, 7) is 9.08. The molecular weight excluding hydrogens is 781 g/mol. The van der Waals surface area contributed by atoms with Gasteiger partial charge in [-0.25, -0.2) is 0 Å². The van der Waals surface area contributed by atoms with Crippen LogP contribution in [-0.4, -0.2) is 76.9 Å². The molecule has 0 saturated carbocycles. The van der Waals surface area contributed by atoms with Gasteiger partial charge in [-0.15, -0.1) is 0 Å². The Bertz CT molecular complexity index is 3090. The summed E-state index contributed by atoms with van der Waals surface area (Å²) in [4.78, 5) is 27.9. The molecule has 2 atom stereocenters. The maximum Gasteiger partial charge on any atom is 0.261 e. The summed E-state index contributed by atoms with van der Waals surface area (Å²) in [5.74, 6) is -0.579. The lowest BCUT2D eigenvalue weighted by Gasteiger charge is -2.23. The number of fused-ring (bicyclic) bond motifs is 2. The normalized spacial score (nSPS) is 18.0. The van der Waals surface area contributed by atoms with Crippen molar-refractivity contribution in [3.8, 4) is 0 Å². The Kier molecular flexibility index (Phi) is 10.7. The van der Waals surface area contributed by atoms with Crippen molar-refractivity contribution in [3.63, 3.8) is 0 Å². The van der Waals surface area contributed by atoms with Crippen molar-refractivity contribution in [3.05, 3.63) is 146 Å². The van der Waals surface area contributed by atoms with Gasteiger partial charge in [0.15, 0.2) is 12.2 Å². The van der Waals surface area contributed by atoms with Gasteiger partial charge in [0.1, 0.15) is 24.7 Å². The number of rotatable bonds is 4. The highest BCUT2D eigenvalue weighted by molar-refractivity contribution is 6.34. The topological polar surface area (TPSA) is 114 Å². The van der Waals surface area contributed by atoms with Gasteiger partial charge in [0.2, 0.25) is 0 Å². The van der Waals surface area contributed by atoms with Crippen LogP contribution in [0.15, 0.2) is 146 Å². The highest BCUT2D eigenvalue weighted by atomic mass is 16.6. The Labute approximate surface area is 357 Å². The molecule has 0 bridgehead atoms. The number of hydrogen-bond acceptors (Lipinski definition) is 8. The van der Waals surface area contributed by atoms with E-state index in [2.05, 4.69) is 103 Å². The van der Waals surface area contributed by atoms with Gasteiger partial charge < -0.3 is 39.1 Å². The second kappa shape index (κ2) is 16.9. The van der Waals surface area contributed by atoms with E-state index in [0.717, 1.165) is 53.9 Å². The molecule has 10 nitrogen and oxygen atoms in total. The number of ether oxygens (including phenoxy) is 6. The minimum Gasteiger partial charge on any atom is -0.493 e. The van der Waals surface area contributed by atoms with E-state index in [9.17, 15) is 9.59 Å². The first kappa shape index (κ1) is 39.3. The molecule has 62 heavy (non-hydrogen) atoms. The molecule has 1 fully saturated rings. The Morgan fingerprint density at radius 3 is 1.39 bits per heavy atom. The largest absolute Gasteiger partial charge is 0.493 e. The van der Waals surface area contributed by atoms with E-state index >= 15 is 0 Å². The van der Waals surface area contributed by atoms with Crippen LogP contribution in [0.4, 0.5) is 11.4 Å². The van der Waals surface area contributed by atoms with Gasteiger partial charge in [0, 0.05) is 22.1 Å². The molecule has 0 spiro atoms. The summed E-state index contributed by atoms with van der Waals surface area (Å²) in [7, 11) is 0. The van der Waals surface area contributed by atoms with Gasteiger partial charge in [-0.3, -0.25) is 9.59 Å². The predicted octanol–water partition coefficient (Wildman–Crippen LogP) is 10.1. The molecule has 1 aliphatic heterocycles. The fraction of sp³-hybridized carbons (Fsp3) is 0.192. The quantitative estimate of drug-likeness (QED) is 0.133. The lowest BCUT2D eigenvalue weighted by Crippen LogP contribution is -2.35. The standard InChI is InChI=1S/C52H44N2O8/c1-31-49(51(55)53-43-21-18-36-16-15-34-7-3-8-35-17-19-42(43)47(36)45(34)35)61-29-25-57-24-28-60-32(2)50(62-30-26-58-23-27-59-31)52(56)54-44-22-20-40-38-12-5-10-33-9-4-11-37(46(33)38)39-13-6-14-41(44)48(39)40/h3-22,49-50H,1-2,23-30H2,(H,53,55)(H,54,56)/t49?,50-/m0/s1. The average Bonchev–Trinajstić information content (AvgIpc) is 3.29. The summed E-state index contributed by atoms with van der Waals surface area (Å²) in [6, 6.07) is 41.4. The molecule has 10 heteroatoms. The summed E-state index contributed by atoms with van der Waals surface area (Å²) in [6.07, 6.45) is -2.26. The van der Waals surface area contributed by atoms with Crippen molar-refractivity contribution in [2.24, 2.45) is 0 Å². The minimum absolute atomic E-state index is 0.0655. The second-order valence-electron chi connectivity index (χ2n) is 15.4.